The normalized spacial score (nSPS) is 21.1. The molecule has 40 heavy (non-hydrogen) atoms. The van der Waals surface area contributed by atoms with Crippen molar-refractivity contribution in [3.05, 3.63) is 65.7 Å². The van der Waals surface area contributed by atoms with Crippen molar-refractivity contribution in [1.29, 1.82) is 0 Å². The Hall–Kier alpha value is -3.67. The average Bonchev–Trinajstić information content (AvgIpc) is 2.88. The van der Waals surface area contributed by atoms with Crippen LogP contribution >= 0.6 is 0 Å². The van der Waals surface area contributed by atoms with Crippen LogP contribution in [0.3, 0.4) is 0 Å². The lowest BCUT2D eigenvalue weighted by molar-refractivity contribution is -0.149. The molecule has 0 bridgehead atoms. The van der Waals surface area contributed by atoms with Gasteiger partial charge in [0.05, 0.1) is 17.2 Å². The van der Waals surface area contributed by atoms with Crippen molar-refractivity contribution >= 4 is 27.6 Å². The molecule has 1 saturated heterocycles. The lowest BCUT2D eigenvalue weighted by Crippen LogP contribution is -2.58. The maximum Gasteiger partial charge on any atom is 0.418 e. The van der Waals surface area contributed by atoms with Crippen molar-refractivity contribution in [3.8, 4) is 11.3 Å². The number of alkyl halides is 3. The zero-order valence-electron chi connectivity index (χ0n) is 21.9. The maximum absolute atomic E-state index is 13.9. The van der Waals surface area contributed by atoms with Crippen LogP contribution in [-0.4, -0.2) is 42.0 Å². The number of halogens is 3. The number of nitrogens with one attached hydrogen (secondary N) is 1. The zero-order valence-corrected chi connectivity index (χ0v) is 22.7. The van der Waals surface area contributed by atoms with Crippen LogP contribution in [0.5, 0.6) is 0 Å². The lowest BCUT2D eigenvalue weighted by atomic mass is 9.64. The number of aromatic nitrogens is 2. The smallest absolute Gasteiger partial charge is 0.418 e. The van der Waals surface area contributed by atoms with Crippen molar-refractivity contribution < 1.29 is 31.5 Å². The van der Waals surface area contributed by atoms with E-state index in [9.17, 15) is 31.5 Å². The van der Waals surface area contributed by atoms with E-state index in [0.717, 1.165) is 25.0 Å². The zero-order chi connectivity index (χ0) is 28.8. The summed E-state index contributed by atoms with van der Waals surface area (Å²) >= 11 is 0. The first-order valence-electron chi connectivity index (χ1n) is 13.0. The van der Waals surface area contributed by atoms with Crippen molar-refractivity contribution in [2.45, 2.75) is 56.3 Å². The van der Waals surface area contributed by atoms with Gasteiger partial charge in [-0.1, -0.05) is 44.2 Å². The molecule has 2 aromatic heterocycles. The van der Waals surface area contributed by atoms with Gasteiger partial charge in [0.15, 0.2) is 5.03 Å². The number of rotatable bonds is 7. The molecule has 2 N–H and O–H groups in total. The standard InChI is InChI=1S/C28H29F3N4O4S/c1-16(2)17-7-3-4-8-19(17)26-21(28(29,30)31)12-13-23(32-26)34-40(38,39)25-11-5-10-24(33-25)35-14-6-9-18-20(27(36)37)15-22(18)35/h3-5,7-8,10-13,16,18,20,22H,6,9,14-15H2,1-2H3,(H,32,34)(H,36,37)/t18?,20?,22-/m0/s1. The fourth-order valence-electron chi connectivity index (χ4n) is 5.74. The Morgan fingerprint density at radius 2 is 1.82 bits per heavy atom. The number of carboxylic acids is 1. The second kappa shape index (κ2) is 10.4. The number of nitrogens with zero attached hydrogens (tertiary/aromatic N) is 3. The molecule has 8 nitrogen and oxygen atoms in total. The number of benzene rings is 1. The largest absolute Gasteiger partial charge is 0.481 e. The summed E-state index contributed by atoms with van der Waals surface area (Å²) in [6.07, 6.45) is -2.68. The Balaban J connectivity index is 1.46. The highest BCUT2D eigenvalue weighted by atomic mass is 32.2. The SMILES string of the molecule is CC(C)c1ccccc1-c1nc(NS(=O)(=O)c2cccc(N3CCCC4C(C(=O)O)C[C@@H]43)n2)ccc1C(F)(F)F. The van der Waals surface area contributed by atoms with Gasteiger partial charge in [-0.15, -0.1) is 0 Å². The molecule has 1 saturated carbocycles. The number of piperidine rings is 1. The Kier molecular flexibility index (Phi) is 7.24. The number of aliphatic carboxylic acids is 1. The van der Waals surface area contributed by atoms with Crippen LogP contribution in [0.25, 0.3) is 11.3 Å². The average molecular weight is 575 g/mol. The highest BCUT2D eigenvalue weighted by Gasteiger charge is 2.49. The van der Waals surface area contributed by atoms with Crippen LogP contribution in [0.15, 0.2) is 59.6 Å². The van der Waals surface area contributed by atoms with Crippen molar-refractivity contribution in [3.63, 3.8) is 0 Å². The van der Waals surface area contributed by atoms with E-state index in [1.807, 2.05) is 18.7 Å². The van der Waals surface area contributed by atoms with Crippen LogP contribution in [0.1, 0.15) is 50.2 Å². The van der Waals surface area contributed by atoms with Crippen molar-refractivity contribution in [2.75, 3.05) is 16.2 Å². The molecule has 0 radical (unpaired) electrons. The van der Waals surface area contributed by atoms with Gasteiger partial charge in [0.25, 0.3) is 10.0 Å². The highest BCUT2D eigenvalue weighted by Crippen LogP contribution is 2.45. The summed E-state index contributed by atoms with van der Waals surface area (Å²) in [5, 5.41) is 9.11. The third-order valence-corrected chi connectivity index (χ3v) is 8.97. The fourth-order valence-corrected chi connectivity index (χ4v) is 6.70. The van der Waals surface area contributed by atoms with Crippen molar-refractivity contribution in [2.24, 2.45) is 11.8 Å². The third-order valence-electron chi connectivity index (χ3n) is 7.72. The monoisotopic (exact) mass is 574 g/mol. The first-order chi connectivity index (χ1) is 18.9. The van der Waals surface area contributed by atoms with Crippen molar-refractivity contribution in [1.82, 2.24) is 9.97 Å². The second-order valence-electron chi connectivity index (χ2n) is 10.5. The van der Waals surface area contributed by atoms with E-state index >= 15 is 0 Å². The molecule has 2 aliphatic rings. The van der Waals surface area contributed by atoms with Gasteiger partial charge < -0.3 is 10.0 Å². The lowest BCUT2D eigenvalue weighted by Gasteiger charge is -2.52. The molecule has 1 aromatic carbocycles. The van der Waals surface area contributed by atoms with Crippen LogP contribution < -0.4 is 9.62 Å². The Bertz CT molecular complexity index is 1540. The molecular weight excluding hydrogens is 545 g/mol. The fraction of sp³-hybridized carbons (Fsp3) is 0.393. The van der Waals surface area contributed by atoms with Gasteiger partial charge in [-0.25, -0.2) is 9.97 Å². The third kappa shape index (κ3) is 5.24. The summed E-state index contributed by atoms with van der Waals surface area (Å²) in [6, 6.07) is 12.9. The highest BCUT2D eigenvalue weighted by molar-refractivity contribution is 7.92. The predicted molar refractivity (Wildman–Crippen MR) is 143 cm³/mol. The van der Waals surface area contributed by atoms with Gasteiger partial charge in [-0.05, 0) is 60.9 Å². The quantitative estimate of drug-likeness (QED) is 0.368. The summed E-state index contributed by atoms with van der Waals surface area (Å²) in [7, 11) is -4.31. The number of carbonyl (C=O) groups is 1. The first kappa shape index (κ1) is 27.9. The predicted octanol–water partition coefficient (Wildman–Crippen LogP) is 5.78. The first-order valence-corrected chi connectivity index (χ1v) is 14.5. The van der Waals surface area contributed by atoms with E-state index in [1.165, 1.54) is 12.1 Å². The van der Waals surface area contributed by atoms with E-state index in [1.54, 1.807) is 30.3 Å². The molecule has 3 atom stereocenters. The summed E-state index contributed by atoms with van der Waals surface area (Å²) in [4.78, 5) is 21.9. The molecule has 5 rings (SSSR count). The van der Waals surface area contributed by atoms with Gasteiger partial charge in [-0.3, -0.25) is 9.52 Å². The number of hydrogen-bond donors (Lipinski definition) is 2. The maximum atomic E-state index is 13.9. The molecular formula is C28H29F3N4O4S. The Morgan fingerprint density at radius 3 is 2.52 bits per heavy atom. The van der Waals surface area contributed by atoms with E-state index < -0.39 is 33.7 Å². The number of pyridine rings is 2. The molecule has 2 unspecified atom stereocenters. The van der Waals surface area contributed by atoms with Gasteiger partial charge in [-0.2, -0.15) is 21.6 Å². The van der Waals surface area contributed by atoms with Gasteiger partial charge in [0.1, 0.15) is 11.6 Å². The van der Waals surface area contributed by atoms with E-state index in [2.05, 4.69) is 14.7 Å². The van der Waals surface area contributed by atoms with E-state index in [0.29, 0.717) is 24.3 Å². The number of sulfonamides is 1. The number of hydrogen-bond acceptors (Lipinski definition) is 6. The van der Waals surface area contributed by atoms with E-state index in [4.69, 9.17) is 0 Å². The van der Waals surface area contributed by atoms with Gasteiger partial charge in [0, 0.05) is 18.2 Å². The Labute approximate surface area is 230 Å². The molecule has 3 aromatic rings. The van der Waals surface area contributed by atoms with Gasteiger partial charge in [0.2, 0.25) is 0 Å². The summed E-state index contributed by atoms with van der Waals surface area (Å²) in [5.74, 6) is -1.21. The minimum absolute atomic E-state index is 0.0186. The van der Waals surface area contributed by atoms with Crippen LogP contribution in [0.4, 0.5) is 24.8 Å². The van der Waals surface area contributed by atoms with Crippen LogP contribution in [-0.2, 0) is 21.0 Å². The minimum atomic E-state index is -4.70. The molecule has 3 heterocycles. The molecule has 212 valence electrons. The minimum Gasteiger partial charge on any atom is -0.481 e. The van der Waals surface area contributed by atoms with Crippen LogP contribution in [0, 0.1) is 11.8 Å². The summed E-state index contributed by atoms with van der Waals surface area (Å²) in [5.41, 5.74) is -0.416. The summed E-state index contributed by atoms with van der Waals surface area (Å²) in [6.45, 7) is 4.33. The number of carboxylic acid groups (broad SMARTS) is 1. The summed E-state index contributed by atoms with van der Waals surface area (Å²) < 4.78 is 70.7. The number of anilines is 2. The Morgan fingerprint density at radius 1 is 1.07 bits per heavy atom. The molecule has 0 spiro atoms. The van der Waals surface area contributed by atoms with Gasteiger partial charge >= 0.3 is 12.1 Å². The molecule has 1 aliphatic heterocycles. The molecule has 2 fully saturated rings. The number of fused-ring (bicyclic) bond motifs is 1. The molecule has 1 aliphatic carbocycles. The second-order valence-corrected chi connectivity index (χ2v) is 12.1. The molecule has 12 heteroatoms. The topological polar surface area (TPSA) is 112 Å². The van der Waals surface area contributed by atoms with E-state index in [-0.39, 0.29) is 40.0 Å². The molecule has 0 amide bonds. The van der Waals surface area contributed by atoms with Crippen LogP contribution in [0.2, 0.25) is 0 Å².